The van der Waals surface area contributed by atoms with Gasteiger partial charge in [0.2, 0.25) is 0 Å². The summed E-state index contributed by atoms with van der Waals surface area (Å²) in [7, 11) is -3.72. The number of nitriles is 1. The summed E-state index contributed by atoms with van der Waals surface area (Å²) in [6, 6.07) is 9.36. The van der Waals surface area contributed by atoms with E-state index in [1.54, 1.807) is 13.0 Å². The Labute approximate surface area is 110 Å². The van der Waals surface area contributed by atoms with Crippen molar-refractivity contribution in [1.82, 2.24) is 10.2 Å². The predicted molar refractivity (Wildman–Crippen MR) is 68.7 cm³/mol. The minimum absolute atomic E-state index is 0.0784. The van der Waals surface area contributed by atoms with Gasteiger partial charge in [-0.05, 0) is 42.8 Å². The Balaban J connectivity index is 2.36. The average Bonchev–Trinajstić information content (AvgIpc) is 2.39. The number of aromatic nitrogens is 2. The fraction of sp³-hybridized carbons (Fsp3) is 0.0833. The molecule has 1 heterocycles. The highest BCUT2D eigenvalue weighted by atomic mass is 32.2. The molecule has 7 heteroatoms. The van der Waals surface area contributed by atoms with Crippen LogP contribution in [-0.2, 0) is 10.0 Å². The highest BCUT2D eigenvalue weighted by Crippen LogP contribution is 2.17. The summed E-state index contributed by atoms with van der Waals surface area (Å²) < 4.78 is 26.5. The molecule has 6 nitrogen and oxygen atoms in total. The van der Waals surface area contributed by atoms with Gasteiger partial charge in [-0.25, -0.2) is 8.42 Å². The summed E-state index contributed by atoms with van der Waals surface area (Å²) in [5.41, 5.74) is 1.04. The van der Waals surface area contributed by atoms with Crippen molar-refractivity contribution in [1.29, 1.82) is 5.26 Å². The number of sulfonamides is 1. The van der Waals surface area contributed by atoms with Gasteiger partial charge in [0.05, 0.1) is 16.5 Å². The number of anilines is 1. The molecule has 0 unspecified atom stereocenters. The Kier molecular flexibility index (Phi) is 3.44. The van der Waals surface area contributed by atoms with Crippen molar-refractivity contribution in [3.05, 3.63) is 47.7 Å². The van der Waals surface area contributed by atoms with Gasteiger partial charge in [-0.2, -0.15) is 10.4 Å². The molecule has 2 aromatic rings. The van der Waals surface area contributed by atoms with E-state index in [4.69, 9.17) is 5.26 Å². The smallest absolute Gasteiger partial charge is 0.262 e. The molecule has 0 saturated heterocycles. The van der Waals surface area contributed by atoms with E-state index in [0.29, 0.717) is 11.1 Å². The molecule has 0 aliphatic rings. The van der Waals surface area contributed by atoms with Crippen LogP contribution < -0.4 is 4.72 Å². The first-order valence-corrected chi connectivity index (χ1v) is 6.82. The quantitative estimate of drug-likeness (QED) is 0.914. The van der Waals surface area contributed by atoms with E-state index in [0.717, 1.165) is 0 Å². The number of aryl methyl sites for hydroxylation is 1. The maximum absolute atomic E-state index is 12.1. The molecule has 1 aromatic heterocycles. The van der Waals surface area contributed by atoms with Gasteiger partial charge in [0.15, 0.2) is 5.82 Å². The molecule has 0 fully saturated rings. The Hall–Kier alpha value is -2.46. The van der Waals surface area contributed by atoms with Crippen LogP contribution in [0.3, 0.4) is 0 Å². The lowest BCUT2D eigenvalue weighted by atomic mass is 10.1. The molecule has 0 saturated carbocycles. The first-order chi connectivity index (χ1) is 9.03. The minimum Gasteiger partial charge on any atom is -0.262 e. The Morgan fingerprint density at radius 3 is 2.68 bits per heavy atom. The number of benzene rings is 1. The van der Waals surface area contributed by atoms with Crippen LogP contribution in [0.2, 0.25) is 0 Å². The Morgan fingerprint density at radius 1 is 1.32 bits per heavy atom. The summed E-state index contributed by atoms with van der Waals surface area (Å²) in [6.07, 6.45) is 1.45. The van der Waals surface area contributed by atoms with E-state index >= 15 is 0 Å². The van der Waals surface area contributed by atoms with Crippen LogP contribution in [0, 0.1) is 18.3 Å². The molecule has 0 bridgehead atoms. The zero-order valence-electron chi connectivity index (χ0n) is 10.0. The molecule has 0 atom stereocenters. The van der Waals surface area contributed by atoms with Crippen LogP contribution >= 0.6 is 0 Å². The Morgan fingerprint density at radius 2 is 2.11 bits per heavy atom. The van der Waals surface area contributed by atoms with Crippen molar-refractivity contribution in [3.8, 4) is 6.07 Å². The van der Waals surface area contributed by atoms with Gasteiger partial charge in [0.1, 0.15) is 0 Å². The third-order valence-corrected chi connectivity index (χ3v) is 3.79. The summed E-state index contributed by atoms with van der Waals surface area (Å²) in [4.78, 5) is 0.0784. The van der Waals surface area contributed by atoms with Crippen LogP contribution in [0.1, 0.15) is 11.1 Å². The van der Waals surface area contributed by atoms with Crippen molar-refractivity contribution in [2.75, 3.05) is 4.72 Å². The van der Waals surface area contributed by atoms with Crippen LogP contribution in [0.15, 0.2) is 41.4 Å². The minimum atomic E-state index is -3.72. The lowest BCUT2D eigenvalue weighted by Gasteiger charge is -2.07. The van der Waals surface area contributed by atoms with Crippen LogP contribution in [0.25, 0.3) is 0 Å². The molecular weight excluding hydrogens is 264 g/mol. The summed E-state index contributed by atoms with van der Waals surface area (Å²) >= 11 is 0. The lowest BCUT2D eigenvalue weighted by Crippen LogP contribution is -2.14. The molecule has 96 valence electrons. The van der Waals surface area contributed by atoms with E-state index in [-0.39, 0.29) is 10.7 Å². The standard InChI is InChI=1S/C12H10N4O2S/c1-9-7-11(5-4-10(9)8-13)19(17,18)16-12-3-2-6-14-15-12/h2-7H,1H3,(H,15,16). The second-order valence-corrected chi connectivity index (χ2v) is 5.49. The Bertz CT molecular complexity index is 736. The van der Waals surface area contributed by atoms with Crippen molar-refractivity contribution in [3.63, 3.8) is 0 Å². The average molecular weight is 274 g/mol. The van der Waals surface area contributed by atoms with Crippen LogP contribution in [-0.4, -0.2) is 18.6 Å². The zero-order chi connectivity index (χ0) is 13.9. The van der Waals surface area contributed by atoms with E-state index in [1.807, 2.05) is 6.07 Å². The molecule has 0 aliphatic heterocycles. The second kappa shape index (κ2) is 5.04. The molecule has 1 aromatic carbocycles. The third-order valence-electron chi connectivity index (χ3n) is 2.44. The maximum Gasteiger partial charge on any atom is 0.263 e. The fourth-order valence-electron chi connectivity index (χ4n) is 1.48. The molecule has 0 aliphatic carbocycles. The molecular formula is C12H10N4O2S. The van der Waals surface area contributed by atoms with Gasteiger partial charge >= 0.3 is 0 Å². The largest absolute Gasteiger partial charge is 0.263 e. The van der Waals surface area contributed by atoms with Crippen LogP contribution in [0.5, 0.6) is 0 Å². The molecule has 1 N–H and O–H groups in total. The summed E-state index contributed by atoms with van der Waals surface area (Å²) in [6.45, 7) is 1.68. The summed E-state index contributed by atoms with van der Waals surface area (Å²) in [5, 5.41) is 16.1. The second-order valence-electron chi connectivity index (χ2n) is 3.80. The maximum atomic E-state index is 12.1. The highest BCUT2D eigenvalue weighted by Gasteiger charge is 2.15. The molecule has 2 rings (SSSR count). The summed E-state index contributed by atoms with van der Waals surface area (Å²) in [5.74, 6) is 0.143. The number of nitrogens with one attached hydrogen (secondary N) is 1. The zero-order valence-corrected chi connectivity index (χ0v) is 10.8. The number of rotatable bonds is 3. The van der Waals surface area contributed by atoms with Gasteiger partial charge in [-0.15, -0.1) is 5.10 Å². The fourth-order valence-corrected chi connectivity index (χ4v) is 2.56. The van der Waals surface area contributed by atoms with E-state index < -0.39 is 10.0 Å². The van der Waals surface area contributed by atoms with Gasteiger partial charge in [0.25, 0.3) is 10.0 Å². The van der Waals surface area contributed by atoms with Crippen molar-refractivity contribution >= 4 is 15.8 Å². The van der Waals surface area contributed by atoms with Crippen molar-refractivity contribution in [2.45, 2.75) is 11.8 Å². The van der Waals surface area contributed by atoms with Gasteiger partial charge in [-0.3, -0.25) is 4.72 Å². The lowest BCUT2D eigenvalue weighted by molar-refractivity contribution is 0.601. The monoisotopic (exact) mass is 274 g/mol. The first-order valence-electron chi connectivity index (χ1n) is 5.34. The van der Waals surface area contributed by atoms with Crippen molar-refractivity contribution < 1.29 is 8.42 Å². The highest BCUT2D eigenvalue weighted by molar-refractivity contribution is 7.92. The first kappa shape index (κ1) is 13.0. The molecule has 19 heavy (non-hydrogen) atoms. The normalized spacial score (nSPS) is 10.7. The topological polar surface area (TPSA) is 95.7 Å². The molecule has 0 amide bonds. The molecule has 0 radical (unpaired) electrons. The van der Waals surface area contributed by atoms with E-state index in [1.165, 1.54) is 30.5 Å². The van der Waals surface area contributed by atoms with Gasteiger partial charge in [0, 0.05) is 6.20 Å². The van der Waals surface area contributed by atoms with Gasteiger partial charge < -0.3 is 0 Å². The van der Waals surface area contributed by atoms with E-state index in [2.05, 4.69) is 14.9 Å². The third kappa shape index (κ3) is 2.86. The van der Waals surface area contributed by atoms with Crippen molar-refractivity contribution in [2.24, 2.45) is 0 Å². The van der Waals surface area contributed by atoms with E-state index in [9.17, 15) is 8.42 Å². The van der Waals surface area contributed by atoms with Crippen LogP contribution in [0.4, 0.5) is 5.82 Å². The predicted octanol–water partition coefficient (Wildman–Crippen LogP) is 1.46. The molecule has 0 spiro atoms. The number of hydrogen-bond donors (Lipinski definition) is 1. The van der Waals surface area contributed by atoms with Gasteiger partial charge in [-0.1, -0.05) is 0 Å². The number of nitrogens with zero attached hydrogens (tertiary/aromatic N) is 3. The number of hydrogen-bond acceptors (Lipinski definition) is 5. The SMILES string of the molecule is Cc1cc(S(=O)(=O)Nc2cccnn2)ccc1C#N.